The van der Waals surface area contributed by atoms with Gasteiger partial charge in [0.2, 0.25) is 0 Å². The number of rotatable bonds is 5. The largest absolute Gasteiger partial charge is 0.459 e. The smallest absolute Gasteiger partial charge is 0.332 e. The lowest BCUT2D eigenvalue weighted by Gasteiger charge is -2.15. The lowest BCUT2D eigenvalue weighted by atomic mass is 10.1. The number of ether oxygens (including phenoxy) is 2. The highest BCUT2D eigenvalue weighted by Gasteiger charge is 2.12. The maximum atomic E-state index is 11.3. The molecule has 17 heavy (non-hydrogen) atoms. The summed E-state index contributed by atoms with van der Waals surface area (Å²) in [4.78, 5) is 11.3. The average Bonchev–Trinajstić information content (AvgIpc) is 2.30. The third-order valence-electron chi connectivity index (χ3n) is 2.18. The molecule has 2 N–H and O–H groups in total. The first kappa shape index (κ1) is 13.3. The molecule has 0 saturated carbocycles. The van der Waals surface area contributed by atoms with Gasteiger partial charge in [-0.1, -0.05) is 30.3 Å². The Morgan fingerprint density at radius 1 is 1.41 bits per heavy atom. The summed E-state index contributed by atoms with van der Waals surface area (Å²) in [6.45, 7) is 1.80. The van der Waals surface area contributed by atoms with Crippen LogP contribution in [0.15, 0.2) is 42.1 Å². The van der Waals surface area contributed by atoms with E-state index in [1.165, 1.54) is 6.08 Å². The molecular weight excluding hydrogens is 218 g/mol. The molecule has 0 amide bonds. The molecule has 0 saturated heterocycles. The van der Waals surface area contributed by atoms with Crippen molar-refractivity contribution in [2.75, 3.05) is 13.7 Å². The quantitative estimate of drug-likeness (QED) is 0.624. The number of hydrogen-bond donors (Lipinski definition) is 1. The van der Waals surface area contributed by atoms with Crippen LogP contribution in [0.4, 0.5) is 0 Å². The number of allylic oxidation sites excluding steroid dienone is 1. The van der Waals surface area contributed by atoms with E-state index >= 15 is 0 Å². The van der Waals surface area contributed by atoms with Gasteiger partial charge in [-0.05, 0) is 12.5 Å². The van der Waals surface area contributed by atoms with Gasteiger partial charge in [-0.2, -0.15) is 0 Å². The van der Waals surface area contributed by atoms with E-state index in [9.17, 15) is 4.79 Å². The van der Waals surface area contributed by atoms with Gasteiger partial charge in [0.25, 0.3) is 0 Å². The van der Waals surface area contributed by atoms with Crippen LogP contribution in [0, 0.1) is 0 Å². The molecule has 0 heterocycles. The van der Waals surface area contributed by atoms with Crippen molar-refractivity contribution in [3.63, 3.8) is 0 Å². The van der Waals surface area contributed by atoms with E-state index < -0.39 is 5.97 Å². The third kappa shape index (κ3) is 4.70. The van der Waals surface area contributed by atoms with Crippen molar-refractivity contribution >= 4 is 5.97 Å². The molecule has 4 heteroatoms. The summed E-state index contributed by atoms with van der Waals surface area (Å²) >= 11 is 0. The van der Waals surface area contributed by atoms with Crippen LogP contribution in [0.5, 0.6) is 0 Å². The number of hydrogen-bond acceptors (Lipinski definition) is 4. The fraction of sp³-hybridized carbons (Fsp3) is 0.308. The van der Waals surface area contributed by atoms with Gasteiger partial charge in [-0.15, -0.1) is 0 Å². The minimum Gasteiger partial charge on any atom is -0.459 e. The van der Waals surface area contributed by atoms with Crippen molar-refractivity contribution in [1.82, 2.24) is 0 Å². The number of esters is 1. The topological polar surface area (TPSA) is 61.5 Å². The monoisotopic (exact) mass is 235 g/mol. The summed E-state index contributed by atoms with van der Waals surface area (Å²) in [5.74, 6) is -0.456. The predicted octanol–water partition coefficient (Wildman–Crippen LogP) is 1.78. The summed E-state index contributed by atoms with van der Waals surface area (Å²) in [5, 5.41) is 0. The van der Waals surface area contributed by atoms with Gasteiger partial charge in [-0.25, -0.2) is 4.79 Å². The number of carbonyl (C=O) groups is 1. The van der Waals surface area contributed by atoms with E-state index in [0.717, 1.165) is 5.56 Å². The molecule has 0 aliphatic carbocycles. The molecular formula is C13H17NO3. The van der Waals surface area contributed by atoms with Crippen molar-refractivity contribution in [1.29, 1.82) is 0 Å². The fourth-order valence-electron chi connectivity index (χ4n) is 1.35. The summed E-state index contributed by atoms with van der Waals surface area (Å²) in [5.41, 5.74) is 6.76. The Labute approximate surface area is 101 Å². The SMILES string of the molecule is CO[C@H](COC(=O)/C=C(/C)N)c1ccccc1. The molecule has 0 spiro atoms. The molecule has 1 aromatic rings. The predicted molar refractivity (Wildman–Crippen MR) is 65.1 cm³/mol. The minimum absolute atomic E-state index is 0.170. The lowest BCUT2D eigenvalue weighted by Crippen LogP contribution is -2.13. The lowest BCUT2D eigenvalue weighted by molar-refractivity contribution is -0.141. The Hall–Kier alpha value is -1.81. The zero-order valence-corrected chi connectivity index (χ0v) is 10.1. The van der Waals surface area contributed by atoms with E-state index in [-0.39, 0.29) is 12.7 Å². The molecule has 0 fully saturated rings. The molecule has 0 aromatic heterocycles. The maximum Gasteiger partial charge on any atom is 0.332 e. The van der Waals surface area contributed by atoms with Gasteiger partial charge in [0.1, 0.15) is 12.7 Å². The van der Waals surface area contributed by atoms with Gasteiger partial charge < -0.3 is 15.2 Å². The Kier molecular flexibility index (Phi) is 5.23. The van der Waals surface area contributed by atoms with E-state index in [4.69, 9.17) is 15.2 Å². The first-order valence-corrected chi connectivity index (χ1v) is 5.31. The molecule has 0 bridgehead atoms. The van der Waals surface area contributed by atoms with E-state index in [2.05, 4.69) is 0 Å². The Morgan fingerprint density at radius 3 is 2.59 bits per heavy atom. The van der Waals surface area contributed by atoms with E-state index in [1.807, 2.05) is 30.3 Å². The molecule has 92 valence electrons. The van der Waals surface area contributed by atoms with Crippen molar-refractivity contribution < 1.29 is 14.3 Å². The standard InChI is InChI=1S/C13H17NO3/c1-10(14)8-13(15)17-9-12(16-2)11-6-4-3-5-7-11/h3-8,12H,9,14H2,1-2H3/b10-8-/t12-/m1/s1. The Morgan fingerprint density at radius 2 is 2.06 bits per heavy atom. The van der Waals surface area contributed by atoms with Crippen molar-refractivity contribution in [3.8, 4) is 0 Å². The second-order valence-electron chi connectivity index (χ2n) is 3.65. The van der Waals surface area contributed by atoms with Crippen LogP contribution in [-0.2, 0) is 14.3 Å². The van der Waals surface area contributed by atoms with E-state index in [0.29, 0.717) is 5.70 Å². The molecule has 0 radical (unpaired) electrons. The number of nitrogens with two attached hydrogens (primary N) is 1. The molecule has 1 aromatic carbocycles. The second-order valence-corrected chi connectivity index (χ2v) is 3.65. The zero-order chi connectivity index (χ0) is 12.7. The summed E-state index contributed by atoms with van der Waals surface area (Å²) in [7, 11) is 1.58. The highest BCUT2D eigenvalue weighted by atomic mass is 16.6. The molecule has 0 aliphatic heterocycles. The van der Waals surface area contributed by atoms with Crippen LogP contribution < -0.4 is 5.73 Å². The number of methoxy groups -OCH3 is 1. The van der Waals surface area contributed by atoms with Crippen LogP contribution in [-0.4, -0.2) is 19.7 Å². The van der Waals surface area contributed by atoms with Crippen LogP contribution in [0.25, 0.3) is 0 Å². The summed E-state index contributed by atoms with van der Waals surface area (Å²) in [6, 6.07) is 9.58. The summed E-state index contributed by atoms with van der Waals surface area (Å²) in [6.07, 6.45) is 0.990. The fourth-order valence-corrected chi connectivity index (χ4v) is 1.35. The van der Waals surface area contributed by atoms with Gasteiger partial charge >= 0.3 is 5.97 Å². The van der Waals surface area contributed by atoms with Gasteiger partial charge in [0, 0.05) is 18.9 Å². The van der Waals surface area contributed by atoms with Gasteiger partial charge in [0.15, 0.2) is 0 Å². The van der Waals surface area contributed by atoms with Crippen molar-refractivity contribution in [2.24, 2.45) is 5.73 Å². The van der Waals surface area contributed by atoms with Crippen molar-refractivity contribution in [2.45, 2.75) is 13.0 Å². The maximum absolute atomic E-state index is 11.3. The van der Waals surface area contributed by atoms with Gasteiger partial charge in [-0.3, -0.25) is 0 Å². The highest BCUT2D eigenvalue weighted by molar-refractivity contribution is 5.82. The molecule has 0 unspecified atom stereocenters. The first-order valence-electron chi connectivity index (χ1n) is 5.31. The zero-order valence-electron chi connectivity index (χ0n) is 10.1. The molecule has 1 rings (SSSR count). The molecule has 4 nitrogen and oxygen atoms in total. The van der Waals surface area contributed by atoms with Gasteiger partial charge in [0.05, 0.1) is 0 Å². The second kappa shape index (κ2) is 6.70. The number of benzene rings is 1. The normalized spacial score (nSPS) is 13.2. The summed E-state index contributed by atoms with van der Waals surface area (Å²) < 4.78 is 10.3. The minimum atomic E-state index is -0.456. The number of carbonyl (C=O) groups excluding carboxylic acids is 1. The first-order chi connectivity index (χ1) is 8.13. The van der Waals surface area contributed by atoms with Crippen LogP contribution in [0.2, 0.25) is 0 Å². The Balaban J connectivity index is 2.55. The molecule has 0 aliphatic rings. The molecule has 1 atom stereocenters. The van der Waals surface area contributed by atoms with E-state index in [1.54, 1.807) is 14.0 Å². The Bertz CT molecular complexity index is 383. The van der Waals surface area contributed by atoms with Crippen LogP contribution in [0.3, 0.4) is 0 Å². The van der Waals surface area contributed by atoms with Crippen LogP contribution in [0.1, 0.15) is 18.6 Å². The van der Waals surface area contributed by atoms with Crippen molar-refractivity contribution in [3.05, 3.63) is 47.7 Å². The average molecular weight is 235 g/mol. The van der Waals surface area contributed by atoms with Crippen LogP contribution >= 0.6 is 0 Å². The third-order valence-corrected chi connectivity index (χ3v) is 2.18. The highest BCUT2D eigenvalue weighted by Crippen LogP contribution is 2.16.